The number of rotatable bonds is 4. The molecule has 1 heterocycles. The van der Waals surface area contributed by atoms with Crippen molar-refractivity contribution in [3.63, 3.8) is 0 Å². The van der Waals surface area contributed by atoms with Crippen molar-refractivity contribution in [1.29, 1.82) is 0 Å². The number of amides is 1. The molecule has 24 heavy (non-hydrogen) atoms. The number of nitrogens with zero attached hydrogens (tertiary/aromatic N) is 1. The molecule has 8 heteroatoms. The number of carbonyl (C=O) groups is 3. The Kier molecular flexibility index (Phi) is 5.41. The van der Waals surface area contributed by atoms with Gasteiger partial charge < -0.3 is 19.5 Å². The maximum Gasteiger partial charge on any atom is 0.418 e. The fourth-order valence-corrected chi connectivity index (χ4v) is 2.42. The van der Waals surface area contributed by atoms with E-state index in [2.05, 4.69) is 10.1 Å². The smallest absolute Gasteiger partial charge is 0.418 e. The molecule has 0 aliphatic carbocycles. The van der Waals surface area contributed by atoms with Crippen LogP contribution in [0.4, 0.5) is 9.59 Å². The number of alkyl carbamates (subject to hydrolysis) is 1. The monoisotopic (exact) mass is 334 g/mol. The summed E-state index contributed by atoms with van der Waals surface area (Å²) >= 11 is 0. The number of ether oxygens (including phenoxy) is 3. The number of fused-ring (bicyclic) bond motifs is 1. The summed E-state index contributed by atoms with van der Waals surface area (Å²) in [6, 6.07) is 6.23. The fourth-order valence-electron chi connectivity index (χ4n) is 2.42. The first-order valence-electron chi connectivity index (χ1n) is 7.11. The molecule has 0 spiro atoms. The molecule has 0 bridgehead atoms. The van der Waals surface area contributed by atoms with Crippen molar-refractivity contribution in [2.45, 2.75) is 12.5 Å². The van der Waals surface area contributed by atoms with Crippen molar-refractivity contribution in [2.24, 2.45) is 0 Å². The molecule has 1 amide bonds. The lowest BCUT2D eigenvalue weighted by Crippen LogP contribution is -2.43. The zero-order chi connectivity index (χ0) is 17.7. The van der Waals surface area contributed by atoms with Crippen molar-refractivity contribution >= 4 is 29.1 Å². The number of para-hydroxylation sites is 1. The fraction of sp³-hybridized carbons (Fsp3) is 0.312. The van der Waals surface area contributed by atoms with E-state index in [0.717, 1.165) is 5.39 Å². The molecule has 0 radical (unpaired) electrons. The summed E-state index contributed by atoms with van der Waals surface area (Å²) < 4.78 is 15.3. The van der Waals surface area contributed by atoms with Crippen molar-refractivity contribution in [3.05, 3.63) is 36.0 Å². The van der Waals surface area contributed by atoms with Gasteiger partial charge in [0.1, 0.15) is 6.04 Å². The minimum absolute atomic E-state index is 0.131. The van der Waals surface area contributed by atoms with Gasteiger partial charge in [-0.15, -0.1) is 0 Å². The molecule has 0 unspecified atom stereocenters. The zero-order valence-corrected chi connectivity index (χ0v) is 13.6. The van der Waals surface area contributed by atoms with Gasteiger partial charge in [-0.1, -0.05) is 18.2 Å². The maximum atomic E-state index is 11.9. The highest BCUT2D eigenvalue weighted by molar-refractivity contribution is 5.92. The van der Waals surface area contributed by atoms with Gasteiger partial charge in [-0.3, -0.25) is 4.57 Å². The molecule has 1 N–H and O–H groups in total. The Hall–Kier alpha value is -3.03. The van der Waals surface area contributed by atoms with Crippen LogP contribution < -0.4 is 5.32 Å². The third-order valence-electron chi connectivity index (χ3n) is 3.55. The van der Waals surface area contributed by atoms with E-state index in [1.807, 2.05) is 12.1 Å². The van der Waals surface area contributed by atoms with Gasteiger partial charge in [-0.25, -0.2) is 14.4 Å². The summed E-state index contributed by atoms with van der Waals surface area (Å²) in [5, 5.41) is 3.19. The molecule has 2 aromatic rings. The van der Waals surface area contributed by atoms with Crippen LogP contribution in [0.1, 0.15) is 5.56 Å². The Morgan fingerprint density at radius 3 is 2.42 bits per heavy atom. The van der Waals surface area contributed by atoms with Crippen LogP contribution in [0.5, 0.6) is 0 Å². The third-order valence-corrected chi connectivity index (χ3v) is 3.55. The lowest BCUT2D eigenvalue weighted by molar-refractivity contribution is -0.142. The van der Waals surface area contributed by atoms with E-state index in [4.69, 9.17) is 9.47 Å². The molecule has 0 saturated heterocycles. The number of nitrogens with one attached hydrogen (secondary N) is 1. The average molecular weight is 334 g/mol. The van der Waals surface area contributed by atoms with Crippen molar-refractivity contribution in [2.75, 3.05) is 21.3 Å². The van der Waals surface area contributed by atoms with E-state index >= 15 is 0 Å². The van der Waals surface area contributed by atoms with Crippen LogP contribution >= 0.6 is 0 Å². The molecular weight excluding hydrogens is 316 g/mol. The molecule has 1 aromatic carbocycles. The molecular formula is C16H18N2O6. The first-order chi connectivity index (χ1) is 11.5. The predicted octanol–water partition coefficient (Wildman–Crippen LogP) is 1.70. The van der Waals surface area contributed by atoms with Gasteiger partial charge in [0, 0.05) is 18.0 Å². The first kappa shape index (κ1) is 17.3. The Bertz CT molecular complexity index is 767. The Labute approximate surface area is 138 Å². The lowest BCUT2D eigenvalue weighted by atomic mass is 10.1. The second kappa shape index (κ2) is 7.49. The second-order valence-electron chi connectivity index (χ2n) is 4.93. The predicted molar refractivity (Wildman–Crippen MR) is 84.8 cm³/mol. The van der Waals surface area contributed by atoms with E-state index in [-0.39, 0.29) is 6.42 Å². The number of carbonyl (C=O) groups excluding carboxylic acids is 3. The highest BCUT2D eigenvalue weighted by Gasteiger charge is 2.25. The Balaban J connectivity index is 2.41. The summed E-state index contributed by atoms with van der Waals surface area (Å²) in [6.45, 7) is 0. The van der Waals surface area contributed by atoms with E-state index < -0.39 is 24.2 Å². The normalized spacial score (nSPS) is 11.6. The number of benzene rings is 1. The minimum atomic E-state index is -0.945. The van der Waals surface area contributed by atoms with Crippen LogP contribution in [0.3, 0.4) is 0 Å². The lowest BCUT2D eigenvalue weighted by Gasteiger charge is -2.15. The summed E-state index contributed by atoms with van der Waals surface area (Å²) in [5.41, 5.74) is 1.32. The third kappa shape index (κ3) is 3.48. The van der Waals surface area contributed by atoms with Crippen molar-refractivity contribution in [1.82, 2.24) is 9.88 Å². The summed E-state index contributed by atoms with van der Waals surface area (Å²) in [6.07, 6.45) is 0.410. The quantitative estimate of drug-likeness (QED) is 0.675. The first-order valence-corrected chi connectivity index (χ1v) is 7.11. The molecule has 1 atom stereocenters. The van der Waals surface area contributed by atoms with Gasteiger partial charge in [0.25, 0.3) is 0 Å². The van der Waals surface area contributed by atoms with Gasteiger partial charge >= 0.3 is 18.2 Å². The maximum absolute atomic E-state index is 11.9. The highest BCUT2D eigenvalue weighted by Crippen LogP contribution is 2.23. The van der Waals surface area contributed by atoms with Gasteiger partial charge in [-0.05, 0) is 11.6 Å². The van der Waals surface area contributed by atoms with E-state index in [0.29, 0.717) is 11.1 Å². The van der Waals surface area contributed by atoms with Gasteiger partial charge in [0.2, 0.25) is 0 Å². The molecule has 2 rings (SSSR count). The molecule has 0 fully saturated rings. The van der Waals surface area contributed by atoms with E-state index in [9.17, 15) is 14.4 Å². The molecule has 0 aliphatic rings. The second-order valence-corrected chi connectivity index (χ2v) is 4.93. The van der Waals surface area contributed by atoms with Crippen LogP contribution in [0.15, 0.2) is 30.5 Å². The van der Waals surface area contributed by atoms with Crippen LogP contribution in [0, 0.1) is 0 Å². The molecule has 128 valence electrons. The number of methoxy groups -OCH3 is 3. The van der Waals surface area contributed by atoms with E-state index in [1.54, 1.807) is 18.3 Å². The minimum Gasteiger partial charge on any atom is -0.467 e. The van der Waals surface area contributed by atoms with Crippen LogP contribution in [-0.4, -0.2) is 50.1 Å². The van der Waals surface area contributed by atoms with E-state index in [1.165, 1.54) is 25.9 Å². The molecule has 1 aromatic heterocycles. The standard InChI is InChI=1S/C16H18N2O6/c1-22-14(19)12(17-15(20)23-2)8-10-9-18(16(21)24-3)13-7-5-4-6-11(10)13/h4-7,9,12H,8H2,1-3H3,(H,17,20)/t12-/m0/s1. The van der Waals surface area contributed by atoms with Gasteiger partial charge in [0.05, 0.1) is 26.8 Å². The molecule has 0 aliphatic heterocycles. The number of hydrogen-bond donors (Lipinski definition) is 1. The zero-order valence-electron chi connectivity index (χ0n) is 13.6. The van der Waals surface area contributed by atoms with Gasteiger partial charge in [0.15, 0.2) is 0 Å². The van der Waals surface area contributed by atoms with Crippen molar-refractivity contribution < 1.29 is 28.6 Å². The average Bonchev–Trinajstić information content (AvgIpc) is 2.98. The van der Waals surface area contributed by atoms with Crippen LogP contribution in [0.25, 0.3) is 10.9 Å². The number of hydrogen-bond acceptors (Lipinski definition) is 6. The van der Waals surface area contributed by atoms with Crippen LogP contribution in [-0.2, 0) is 25.4 Å². The molecule has 8 nitrogen and oxygen atoms in total. The number of aromatic nitrogens is 1. The Morgan fingerprint density at radius 1 is 1.08 bits per heavy atom. The van der Waals surface area contributed by atoms with Gasteiger partial charge in [-0.2, -0.15) is 0 Å². The largest absolute Gasteiger partial charge is 0.467 e. The summed E-state index contributed by atoms with van der Waals surface area (Å²) in [5.74, 6) is -0.615. The highest BCUT2D eigenvalue weighted by atomic mass is 16.5. The summed E-state index contributed by atoms with van der Waals surface area (Å²) in [4.78, 5) is 35.2. The van der Waals surface area contributed by atoms with Crippen LogP contribution in [0.2, 0.25) is 0 Å². The van der Waals surface area contributed by atoms with Crippen molar-refractivity contribution in [3.8, 4) is 0 Å². The Morgan fingerprint density at radius 2 is 1.79 bits per heavy atom. The topological polar surface area (TPSA) is 95.9 Å². The molecule has 0 saturated carbocycles. The summed E-state index contributed by atoms with van der Waals surface area (Å²) in [7, 11) is 3.71. The number of esters is 1. The SMILES string of the molecule is COC(=O)N[C@@H](Cc1cn(C(=O)OC)c2ccccc12)C(=O)OC.